The molecule has 0 amide bonds. The molecule has 2 N–H and O–H groups in total. The molecule has 2 rings (SSSR count). The number of esters is 1. The van der Waals surface area contributed by atoms with E-state index >= 15 is 0 Å². The van der Waals surface area contributed by atoms with Gasteiger partial charge in [-0.15, -0.1) is 0 Å². The predicted molar refractivity (Wildman–Crippen MR) is 98.6 cm³/mol. The molecule has 2 aromatic carbocycles. The highest BCUT2D eigenvalue weighted by molar-refractivity contribution is 5.75. The molecule has 24 heavy (non-hydrogen) atoms. The SMILES string of the molecule is CCOC(=O)C(C)(C)C[C@H](N)Cc1ccc(-c2ccccc2)cc1. The average molecular weight is 325 g/mol. The topological polar surface area (TPSA) is 52.3 Å². The van der Waals surface area contributed by atoms with E-state index in [0.717, 1.165) is 6.42 Å². The van der Waals surface area contributed by atoms with Crippen molar-refractivity contribution in [2.24, 2.45) is 11.1 Å². The van der Waals surface area contributed by atoms with E-state index in [1.54, 1.807) is 0 Å². The maximum absolute atomic E-state index is 12.0. The fourth-order valence-electron chi connectivity index (χ4n) is 2.90. The quantitative estimate of drug-likeness (QED) is 0.776. The fraction of sp³-hybridized carbons (Fsp3) is 0.381. The third kappa shape index (κ3) is 4.93. The van der Waals surface area contributed by atoms with Crippen LogP contribution >= 0.6 is 0 Å². The van der Waals surface area contributed by atoms with Gasteiger partial charge < -0.3 is 10.5 Å². The molecule has 0 aliphatic carbocycles. The second-order valence-corrected chi connectivity index (χ2v) is 6.84. The van der Waals surface area contributed by atoms with Crippen LogP contribution in [0, 0.1) is 5.41 Å². The molecule has 0 unspecified atom stereocenters. The highest BCUT2D eigenvalue weighted by Gasteiger charge is 2.31. The molecule has 0 bridgehead atoms. The number of carbonyl (C=O) groups excluding carboxylic acids is 1. The van der Waals surface area contributed by atoms with Gasteiger partial charge >= 0.3 is 5.97 Å². The summed E-state index contributed by atoms with van der Waals surface area (Å²) < 4.78 is 5.13. The zero-order chi connectivity index (χ0) is 17.6. The van der Waals surface area contributed by atoms with E-state index in [9.17, 15) is 4.79 Å². The molecule has 2 aromatic rings. The van der Waals surface area contributed by atoms with Crippen molar-refractivity contribution in [2.75, 3.05) is 6.61 Å². The van der Waals surface area contributed by atoms with Crippen LogP contribution in [0.4, 0.5) is 0 Å². The normalized spacial score (nSPS) is 12.7. The van der Waals surface area contributed by atoms with Crippen molar-refractivity contribution in [1.29, 1.82) is 0 Å². The number of carbonyl (C=O) groups is 1. The summed E-state index contributed by atoms with van der Waals surface area (Å²) in [6.07, 6.45) is 1.35. The summed E-state index contributed by atoms with van der Waals surface area (Å²) in [5.41, 5.74) is 9.29. The van der Waals surface area contributed by atoms with Gasteiger partial charge in [0, 0.05) is 6.04 Å². The number of benzene rings is 2. The van der Waals surface area contributed by atoms with Crippen LogP contribution in [-0.2, 0) is 16.0 Å². The maximum Gasteiger partial charge on any atom is 0.311 e. The summed E-state index contributed by atoms with van der Waals surface area (Å²) in [6.45, 7) is 6.01. The Morgan fingerprint density at radius 1 is 1.04 bits per heavy atom. The number of nitrogens with two attached hydrogens (primary N) is 1. The molecule has 1 atom stereocenters. The number of rotatable bonds is 7. The van der Waals surface area contributed by atoms with Crippen molar-refractivity contribution in [2.45, 2.75) is 39.7 Å². The molecule has 3 nitrogen and oxygen atoms in total. The molecule has 3 heteroatoms. The minimum Gasteiger partial charge on any atom is -0.466 e. The lowest BCUT2D eigenvalue weighted by Gasteiger charge is -2.25. The van der Waals surface area contributed by atoms with E-state index < -0.39 is 5.41 Å². The molecular formula is C21H27NO2. The van der Waals surface area contributed by atoms with E-state index in [0.29, 0.717) is 13.0 Å². The van der Waals surface area contributed by atoms with Crippen LogP contribution in [0.25, 0.3) is 11.1 Å². The first-order valence-electron chi connectivity index (χ1n) is 8.49. The second kappa shape index (κ2) is 8.11. The fourth-order valence-corrected chi connectivity index (χ4v) is 2.90. The van der Waals surface area contributed by atoms with Gasteiger partial charge in [-0.3, -0.25) is 4.79 Å². The van der Waals surface area contributed by atoms with Crippen LogP contribution in [0.15, 0.2) is 54.6 Å². The summed E-state index contributed by atoms with van der Waals surface area (Å²) in [5, 5.41) is 0. The first kappa shape index (κ1) is 18.2. The molecule has 0 spiro atoms. The average Bonchev–Trinajstić information content (AvgIpc) is 2.56. The monoisotopic (exact) mass is 325 g/mol. The zero-order valence-electron chi connectivity index (χ0n) is 14.8. The van der Waals surface area contributed by atoms with Crippen molar-refractivity contribution < 1.29 is 9.53 Å². The Hall–Kier alpha value is -2.13. The number of hydrogen-bond donors (Lipinski definition) is 1. The summed E-state index contributed by atoms with van der Waals surface area (Å²) in [6, 6.07) is 18.7. The van der Waals surface area contributed by atoms with Crippen LogP contribution in [0.3, 0.4) is 0 Å². The molecule has 0 aromatic heterocycles. The van der Waals surface area contributed by atoms with Gasteiger partial charge in [-0.2, -0.15) is 0 Å². The van der Waals surface area contributed by atoms with Crippen molar-refractivity contribution >= 4 is 5.97 Å². The van der Waals surface area contributed by atoms with Gasteiger partial charge in [0.05, 0.1) is 12.0 Å². The van der Waals surface area contributed by atoms with Gasteiger partial charge in [0.2, 0.25) is 0 Å². The van der Waals surface area contributed by atoms with Crippen molar-refractivity contribution in [3.05, 3.63) is 60.2 Å². The summed E-state index contributed by atoms with van der Waals surface area (Å²) in [7, 11) is 0. The summed E-state index contributed by atoms with van der Waals surface area (Å²) in [5.74, 6) is -0.181. The minimum atomic E-state index is -0.556. The Balaban J connectivity index is 1.97. The lowest BCUT2D eigenvalue weighted by Crippen LogP contribution is -2.35. The Bertz CT molecular complexity index is 647. The van der Waals surface area contributed by atoms with E-state index in [1.165, 1.54) is 16.7 Å². The van der Waals surface area contributed by atoms with Gasteiger partial charge in [-0.05, 0) is 50.3 Å². The molecule has 0 saturated heterocycles. The summed E-state index contributed by atoms with van der Waals surface area (Å²) in [4.78, 5) is 12.0. The van der Waals surface area contributed by atoms with Crippen molar-refractivity contribution in [3.8, 4) is 11.1 Å². The third-order valence-electron chi connectivity index (χ3n) is 4.16. The lowest BCUT2D eigenvalue weighted by molar-refractivity contribution is -0.154. The molecule has 0 saturated carbocycles. The smallest absolute Gasteiger partial charge is 0.311 e. The molecule has 0 fully saturated rings. The predicted octanol–water partition coefficient (Wildman–Crippen LogP) is 4.20. The Morgan fingerprint density at radius 2 is 1.62 bits per heavy atom. The van der Waals surface area contributed by atoms with Crippen LogP contribution < -0.4 is 5.73 Å². The molecule has 128 valence electrons. The Morgan fingerprint density at radius 3 is 2.21 bits per heavy atom. The minimum absolute atomic E-state index is 0.0769. The molecule has 0 heterocycles. The van der Waals surface area contributed by atoms with Gasteiger partial charge in [0.15, 0.2) is 0 Å². The maximum atomic E-state index is 12.0. The molecule has 0 aliphatic rings. The highest BCUT2D eigenvalue weighted by atomic mass is 16.5. The van der Waals surface area contributed by atoms with E-state index in [4.69, 9.17) is 10.5 Å². The zero-order valence-corrected chi connectivity index (χ0v) is 14.8. The Labute approximate surface area is 144 Å². The molecule has 0 aliphatic heterocycles. The third-order valence-corrected chi connectivity index (χ3v) is 4.16. The van der Waals surface area contributed by atoms with Crippen LogP contribution in [0.2, 0.25) is 0 Å². The van der Waals surface area contributed by atoms with Gasteiger partial charge in [0.1, 0.15) is 0 Å². The molecular weight excluding hydrogens is 298 g/mol. The number of hydrogen-bond acceptors (Lipinski definition) is 3. The van der Waals surface area contributed by atoms with Crippen LogP contribution in [0.1, 0.15) is 32.8 Å². The van der Waals surface area contributed by atoms with Gasteiger partial charge in [-0.1, -0.05) is 54.6 Å². The van der Waals surface area contributed by atoms with Gasteiger partial charge in [-0.25, -0.2) is 0 Å². The van der Waals surface area contributed by atoms with Crippen molar-refractivity contribution in [1.82, 2.24) is 0 Å². The van der Waals surface area contributed by atoms with Crippen LogP contribution in [0.5, 0.6) is 0 Å². The van der Waals surface area contributed by atoms with Crippen molar-refractivity contribution in [3.63, 3.8) is 0 Å². The largest absolute Gasteiger partial charge is 0.466 e. The molecule has 0 radical (unpaired) electrons. The second-order valence-electron chi connectivity index (χ2n) is 6.84. The standard InChI is InChI=1S/C21H27NO2/c1-4-24-20(23)21(2,3)15-19(22)14-16-10-12-18(13-11-16)17-8-6-5-7-9-17/h5-13,19H,4,14-15,22H2,1-3H3/t19-/m1/s1. The van der Waals surface area contributed by atoms with Gasteiger partial charge in [0.25, 0.3) is 0 Å². The Kier molecular flexibility index (Phi) is 6.16. The lowest BCUT2D eigenvalue weighted by atomic mass is 9.84. The van der Waals surface area contributed by atoms with E-state index in [-0.39, 0.29) is 12.0 Å². The highest BCUT2D eigenvalue weighted by Crippen LogP contribution is 2.25. The van der Waals surface area contributed by atoms with E-state index in [1.807, 2.05) is 39.0 Å². The first-order chi connectivity index (χ1) is 11.4. The first-order valence-corrected chi connectivity index (χ1v) is 8.49. The number of ether oxygens (including phenoxy) is 1. The van der Waals surface area contributed by atoms with E-state index in [2.05, 4.69) is 36.4 Å². The summed E-state index contributed by atoms with van der Waals surface area (Å²) >= 11 is 0. The van der Waals surface area contributed by atoms with Crippen LogP contribution in [-0.4, -0.2) is 18.6 Å².